The fourth-order valence-electron chi connectivity index (χ4n) is 3.67. The molecule has 24 heavy (non-hydrogen) atoms. The molecule has 1 saturated carbocycles. The maximum absolute atomic E-state index is 13.3. The molecule has 5 heteroatoms. The molecule has 1 aliphatic heterocycles. The molecule has 1 saturated heterocycles. The molecule has 0 radical (unpaired) electrons. The second-order valence-electron chi connectivity index (χ2n) is 7.31. The van der Waals surface area contributed by atoms with Crippen molar-refractivity contribution < 1.29 is 13.6 Å². The molecule has 2 fully saturated rings. The van der Waals surface area contributed by atoms with Crippen molar-refractivity contribution in [2.75, 3.05) is 26.7 Å². The zero-order chi connectivity index (χ0) is 17.1. The third-order valence-corrected chi connectivity index (χ3v) is 5.46. The minimum Gasteiger partial charge on any atom is -0.345 e. The first-order valence-electron chi connectivity index (χ1n) is 8.94. The van der Waals surface area contributed by atoms with Crippen molar-refractivity contribution in [3.8, 4) is 0 Å². The van der Waals surface area contributed by atoms with E-state index in [0.29, 0.717) is 18.4 Å². The molecule has 3 rings (SSSR count). The Labute approximate surface area is 142 Å². The number of halogens is 2. The molecule has 0 aromatic heterocycles. The number of rotatable bonds is 5. The van der Waals surface area contributed by atoms with Crippen molar-refractivity contribution in [1.82, 2.24) is 9.80 Å². The molecule has 132 valence electrons. The van der Waals surface area contributed by atoms with E-state index in [9.17, 15) is 13.6 Å². The first kappa shape index (κ1) is 17.3. The van der Waals surface area contributed by atoms with Crippen molar-refractivity contribution in [3.63, 3.8) is 0 Å². The van der Waals surface area contributed by atoms with Crippen LogP contribution in [-0.2, 0) is 11.3 Å². The molecule has 0 bridgehead atoms. The van der Waals surface area contributed by atoms with Crippen LogP contribution in [0.15, 0.2) is 18.2 Å². The summed E-state index contributed by atoms with van der Waals surface area (Å²) < 4.78 is 26.3. The smallest absolute Gasteiger partial charge is 0.225 e. The standard InChI is InChI=1S/C19H26F2N2O/c1-22(19(24)16-3-2-4-16)12-14-7-9-23(10-8-14)13-15-5-6-17(20)18(21)11-15/h5-6,11,14,16H,2-4,7-10,12-13H2,1H3. The van der Waals surface area contributed by atoms with Crippen molar-refractivity contribution in [2.24, 2.45) is 11.8 Å². The minimum atomic E-state index is -0.795. The second kappa shape index (κ2) is 7.60. The van der Waals surface area contributed by atoms with Gasteiger partial charge < -0.3 is 4.90 Å². The topological polar surface area (TPSA) is 23.6 Å². The largest absolute Gasteiger partial charge is 0.345 e. The molecular weight excluding hydrogens is 310 g/mol. The maximum atomic E-state index is 13.3. The van der Waals surface area contributed by atoms with Crippen LogP contribution in [0.25, 0.3) is 0 Å². The maximum Gasteiger partial charge on any atom is 0.225 e. The van der Waals surface area contributed by atoms with Crippen LogP contribution >= 0.6 is 0 Å². The lowest BCUT2D eigenvalue weighted by atomic mass is 9.84. The van der Waals surface area contributed by atoms with Crippen LogP contribution in [0.4, 0.5) is 8.78 Å². The number of carbonyl (C=O) groups excluding carboxylic acids is 1. The molecule has 0 N–H and O–H groups in total. The number of piperidine rings is 1. The Bertz CT molecular complexity index is 581. The Morgan fingerprint density at radius 3 is 2.46 bits per heavy atom. The summed E-state index contributed by atoms with van der Waals surface area (Å²) >= 11 is 0. The summed E-state index contributed by atoms with van der Waals surface area (Å²) in [7, 11) is 1.92. The van der Waals surface area contributed by atoms with Crippen LogP contribution in [0.5, 0.6) is 0 Å². The van der Waals surface area contributed by atoms with E-state index in [4.69, 9.17) is 0 Å². The number of benzene rings is 1. The molecule has 1 aliphatic carbocycles. The number of nitrogens with zero attached hydrogens (tertiary/aromatic N) is 2. The zero-order valence-electron chi connectivity index (χ0n) is 14.3. The summed E-state index contributed by atoms with van der Waals surface area (Å²) in [4.78, 5) is 16.4. The third kappa shape index (κ3) is 4.12. The number of carbonyl (C=O) groups is 1. The van der Waals surface area contributed by atoms with Gasteiger partial charge in [-0.15, -0.1) is 0 Å². The van der Waals surface area contributed by atoms with Crippen LogP contribution in [0.3, 0.4) is 0 Å². The van der Waals surface area contributed by atoms with Crippen molar-refractivity contribution >= 4 is 5.91 Å². The van der Waals surface area contributed by atoms with Gasteiger partial charge in [-0.05, 0) is 62.4 Å². The van der Waals surface area contributed by atoms with Crippen LogP contribution in [0.1, 0.15) is 37.7 Å². The fourth-order valence-corrected chi connectivity index (χ4v) is 3.67. The van der Waals surface area contributed by atoms with E-state index in [2.05, 4.69) is 4.90 Å². The Hall–Kier alpha value is -1.49. The van der Waals surface area contributed by atoms with E-state index in [-0.39, 0.29) is 5.92 Å². The Kier molecular flexibility index (Phi) is 5.49. The van der Waals surface area contributed by atoms with Crippen LogP contribution < -0.4 is 0 Å². The second-order valence-corrected chi connectivity index (χ2v) is 7.31. The predicted octanol–water partition coefficient (Wildman–Crippen LogP) is 3.44. The first-order valence-corrected chi connectivity index (χ1v) is 8.94. The Morgan fingerprint density at radius 1 is 1.17 bits per heavy atom. The van der Waals surface area contributed by atoms with Gasteiger partial charge >= 0.3 is 0 Å². The summed E-state index contributed by atoms with van der Waals surface area (Å²) in [5, 5.41) is 0. The lowest BCUT2D eigenvalue weighted by Gasteiger charge is -2.35. The molecule has 0 unspecified atom stereocenters. The first-order chi connectivity index (χ1) is 11.5. The van der Waals surface area contributed by atoms with E-state index >= 15 is 0 Å². The van der Waals surface area contributed by atoms with Gasteiger partial charge in [0.15, 0.2) is 11.6 Å². The van der Waals surface area contributed by atoms with Gasteiger partial charge in [-0.1, -0.05) is 12.5 Å². The van der Waals surface area contributed by atoms with Crippen molar-refractivity contribution in [1.29, 1.82) is 0 Å². The molecular formula is C19H26F2N2O. The van der Waals surface area contributed by atoms with Gasteiger partial charge in [-0.3, -0.25) is 9.69 Å². The Balaban J connectivity index is 1.43. The van der Waals surface area contributed by atoms with Gasteiger partial charge in [-0.25, -0.2) is 8.78 Å². The van der Waals surface area contributed by atoms with Crippen molar-refractivity contribution in [2.45, 2.75) is 38.6 Å². The van der Waals surface area contributed by atoms with E-state index < -0.39 is 11.6 Å². The molecule has 3 nitrogen and oxygen atoms in total. The highest BCUT2D eigenvalue weighted by atomic mass is 19.2. The van der Waals surface area contributed by atoms with E-state index in [0.717, 1.165) is 50.9 Å². The quantitative estimate of drug-likeness (QED) is 0.822. The molecule has 1 aromatic carbocycles. The SMILES string of the molecule is CN(CC1CCN(Cc2ccc(F)c(F)c2)CC1)C(=O)C1CCC1. The van der Waals surface area contributed by atoms with Gasteiger partial charge in [0.25, 0.3) is 0 Å². The lowest BCUT2D eigenvalue weighted by molar-refractivity contribution is -0.137. The van der Waals surface area contributed by atoms with Gasteiger partial charge in [0.2, 0.25) is 5.91 Å². The van der Waals surface area contributed by atoms with E-state index in [1.165, 1.54) is 18.6 Å². The highest BCUT2D eigenvalue weighted by Crippen LogP contribution is 2.29. The van der Waals surface area contributed by atoms with Crippen LogP contribution in [0, 0.1) is 23.5 Å². The average Bonchev–Trinajstić information content (AvgIpc) is 2.51. The number of amides is 1. The Morgan fingerprint density at radius 2 is 1.88 bits per heavy atom. The highest BCUT2D eigenvalue weighted by Gasteiger charge is 2.29. The summed E-state index contributed by atoms with van der Waals surface area (Å²) in [5.74, 6) is -0.454. The van der Waals surface area contributed by atoms with Gasteiger partial charge in [-0.2, -0.15) is 0 Å². The summed E-state index contributed by atoms with van der Waals surface area (Å²) in [6.45, 7) is 3.37. The number of likely N-dealkylation sites (tertiary alicyclic amines) is 1. The highest BCUT2D eigenvalue weighted by molar-refractivity contribution is 5.79. The lowest BCUT2D eigenvalue weighted by Crippen LogP contribution is -2.42. The van der Waals surface area contributed by atoms with Crippen LogP contribution in [0.2, 0.25) is 0 Å². The number of hydrogen-bond acceptors (Lipinski definition) is 2. The summed E-state index contributed by atoms with van der Waals surface area (Å²) in [6.07, 6.45) is 5.39. The monoisotopic (exact) mass is 336 g/mol. The zero-order valence-corrected chi connectivity index (χ0v) is 14.3. The van der Waals surface area contributed by atoms with E-state index in [1.54, 1.807) is 6.07 Å². The summed E-state index contributed by atoms with van der Waals surface area (Å²) in [6, 6.07) is 4.13. The van der Waals surface area contributed by atoms with Gasteiger partial charge in [0.05, 0.1) is 0 Å². The van der Waals surface area contributed by atoms with Crippen molar-refractivity contribution in [3.05, 3.63) is 35.4 Å². The molecule has 1 aromatic rings. The minimum absolute atomic E-state index is 0.267. The fraction of sp³-hybridized carbons (Fsp3) is 0.632. The van der Waals surface area contributed by atoms with Gasteiger partial charge in [0.1, 0.15) is 0 Å². The molecule has 1 amide bonds. The predicted molar refractivity (Wildman–Crippen MR) is 89.3 cm³/mol. The molecule has 0 spiro atoms. The molecule has 1 heterocycles. The normalized spacial score (nSPS) is 20.0. The van der Waals surface area contributed by atoms with E-state index in [1.807, 2.05) is 11.9 Å². The average molecular weight is 336 g/mol. The van der Waals surface area contributed by atoms with Crippen LogP contribution in [-0.4, -0.2) is 42.4 Å². The van der Waals surface area contributed by atoms with Gasteiger partial charge in [0, 0.05) is 26.1 Å². The number of hydrogen-bond donors (Lipinski definition) is 0. The molecule has 2 aliphatic rings. The third-order valence-electron chi connectivity index (χ3n) is 5.46. The summed E-state index contributed by atoms with van der Waals surface area (Å²) in [5.41, 5.74) is 0.810. The molecule has 0 atom stereocenters.